The predicted octanol–water partition coefficient (Wildman–Crippen LogP) is 3.79. The second kappa shape index (κ2) is 6.58. The van der Waals surface area contributed by atoms with Gasteiger partial charge in [0.15, 0.2) is 10.8 Å². The smallest absolute Gasteiger partial charge is 0.357 e. The van der Waals surface area contributed by atoms with Crippen molar-refractivity contribution >= 4 is 39.9 Å². The average Bonchev–Trinajstić information content (AvgIpc) is 2.88. The van der Waals surface area contributed by atoms with Crippen LogP contribution in [0, 0.1) is 0 Å². The predicted molar refractivity (Wildman–Crippen MR) is 79.6 cm³/mol. The summed E-state index contributed by atoms with van der Waals surface area (Å²) in [6.45, 7) is 2.13. The molecule has 0 radical (unpaired) electrons. The Morgan fingerprint density at radius 2 is 2.26 bits per heavy atom. The van der Waals surface area contributed by atoms with Gasteiger partial charge < -0.3 is 10.1 Å². The Morgan fingerprint density at radius 1 is 1.47 bits per heavy atom. The molecule has 1 aromatic heterocycles. The van der Waals surface area contributed by atoms with Crippen molar-refractivity contribution in [2.24, 2.45) is 0 Å². The van der Waals surface area contributed by atoms with Gasteiger partial charge in [-0.05, 0) is 25.3 Å². The second-order valence-electron chi connectivity index (χ2n) is 3.58. The van der Waals surface area contributed by atoms with Crippen molar-refractivity contribution in [3.63, 3.8) is 0 Å². The van der Waals surface area contributed by atoms with Gasteiger partial charge in [0.2, 0.25) is 0 Å². The van der Waals surface area contributed by atoms with Gasteiger partial charge in [0.05, 0.1) is 12.3 Å². The number of nitrogens with one attached hydrogen (secondary N) is 1. The molecule has 1 heterocycles. The number of aromatic nitrogens is 1. The van der Waals surface area contributed by atoms with E-state index in [1.54, 1.807) is 24.1 Å². The van der Waals surface area contributed by atoms with Crippen molar-refractivity contribution in [1.82, 2.24) is 4.98 Å². The molecule has 0 saturated heterocycles. The number of ether oxygens (including phenoxy) is 1. The minimum absolute atomic E-state index is 0.344. The number of esters is 1. The Labute approximate surface area is 120 Å². The molecule has 19 heavy (non-hydrogen) atoms. The molecule has 100 valence electrons. The molecule has 0 saturated carbocycles. The Kier molecular flexibility index (Phi) is 4.81. The third-order valence-electron chi connectivity index (χ3n) is 2.34. The third kappa shape index (κ3) is 3.48. The maximum Gasteiger partial charge on any atom is 0.357 e. The van der Waals surface area contributed by atoms with Crippen molar-refractivity contribution in [3.8, 4) is 0 Å². The number of hydrogen-bond donors (Lipinski definition) is 1. The zero-order chi connectivity index (χ0) is 13.7. The van der Waals surface area contributed by atoms with E-state index in [1.165, 1.54) is 11.3 Å². The third-order valence-corrected chi connectivity index (χ3v) is 3.89. The summed E-state index contributed by atoms with van der Waals surface area (Å²) in [6.07, 6.45) is 2.02. The van der Waals surface area contributed by atoms with E-state index in [4.69, 9.17) is 4.74 Å². The minimum atomic E-state index is -0.384. The van der Waals surface area contributed by atoms with E-state index < -0.39 is 0 Å². The summed E-state index contributed by atoms with van der Waals surface area (Å²) in [7, 11) is 0. The Bertz CT molecular complexity index is 569. The van der Waals surface area contributed by atoms with Crippen LogP contribution in [-0.2, 0) is 4.74 Å². The first-order chi connectivity index (χ1) is 9.24. The van der Waals surface area contributed by atoms with E-state index in [0.717, 1.165) is 10.6 Å². The van der Waals surface area contributed by atoms with E-state index in [-0.39, 0.29) is 5.97 Å². The minimum Gasteiger partial charge on any atom is -0.461 e. The van der Waals surface area contributed by atoms with Gasteiger partial charge in [-0.1, -0.05) is 12.1 Å². The van der Waals surface area contributed by atoms with Crippen LogP contribution in [0.1, 0.15) is 17.4 Å². The van der Waals surface area contributed by atoms with Gasteiger partial charge >= 0.3 is 5.97 Å². The Balaban J connectivity index is 2.13. The summed E-state index contributed by atoms with van der Waals surface area (Å²) in [5.74, 6) is -0.384. The summed E-state index contributed by atoms with van der Waals surface area (Å²) in [6, 6.07) is 7.97. The van der Waals surface area contributed by atoms with Gasteiger partial charge in [-0.2, -0.15) is 0 Å². The summed E-state index contributed by atoms with van der Waals surface area (Å²) in [5, 5.41) is 5.60. The number of anilines is 2. The van der Waals surface area contributed by atoms with E-state index in [2.05, 4.69) is 10.3 Å². The van der Waals surface area contributed by atoms with Gasteiger partial charge in [0, 0.05) is 10.3 Å². The van der Waals surface area contributed by atoms with E-state index in [0.29, 0.717) is 17.4 Å². The van der Waals surface area contributed by atoms with Crippen molar-refractivity contribution in [2.45, 2.75) is 11.8 Å². The first-order valence-corrected chi connectivity index (χ1v) is 7.87. The quantitative estimate of drug-likeness (QED) is 0.671. The van der Waals surface area contributed by atoms with Crippen LogP contribution in [-0.4, -0.2) is 23.8 Å². The zero-order valence-corrected chi connectivity index (χ0v) is 12.3. The standard InChI is InChI=1S/C13H14N2O2S2/c1-3-17-12(16)10-8-19-13(15-10)14-9-6-4-5-7-11(9)18-2/h4-8H,3H2,1-2H3,(H,14,15). The van der Waals surface area contributed by atoms with Crippen LogP contribution in [0.15, 0.2) is 34.5 Å². The maximum atomic E-state index is 11.5. The van der Waals surface area contributed by atoms with Gasteiger partial charge in [-0.3, -0.25) is 0 Å². The molecule has 0 bridgehead atoms. The zero-order valence-electron chi connectivity index (χ0n) is 10.7. The van der Waals surface area contributed by atoms with Crippen LogP contribution < -0.4 is 5.32 Å². The first-order valence-electron chi connectivity index (χ1n) is 5.77. The number of nitrogens with zero attached hydrogens (tertiary/aromatic N) is 1. The number of thioether (sulfide) groups is 1. The molecule has 6 heteroatoms. The van der Waals surface area contributed by atoms with Gasteiger partial charge in [0.1, 0.15) is 0 Å². The molecule has 2 aromatic rings. The highest BCUT2D eigenvalue weighted by Gasteiger charge is 2.12. The van der Waals surface area contributed by atoms with Gasteiger partial charge in [0.25, 0.3) is 0 Å². The van der Waals surface area contributed by atoms with Crippen molar-refractivity contribution < 1.29 is 9.53 Å². The number of carbonyl (C=O) groups is 1. The second-order valence-corrected chi connectivity index (χ2v) is 5.29. The van der Waals surface area contributed by atoms with Crippen LogP contribution in [0.2, 0.25) is 0 Å². The molecule has 0 unspecified atom stereocenters. The molecular formula is C13H14N2O2S2. The SMILES string of the molecule is CCOC(=O)c1csc(Nc2ccccc2SC)n1. The molecule has 0 aliphatic carbocycles. The Morgan fingerprint density at radius 3 is 3.00 bits per heavy atom. The highest BCUT2D eigenvalue weighted by atomic mass is 32.2. The molecule has 1 aromatic carbocycles. The van der Waals surface area contributed by atoms with Gasteiger partial charge in [-0.15, -0.1) is 23.1 Å². The number of benzene rings is 1. The molecular weight excluding hydrogens is 280 g/mol. The summed E-state index contributed by atoms with van der Waals surface area (Å²) < 4.78 is 4.91. The lowest BCUT2D eigenvalue weighted by molar-refractivity contribution is 0.0520. The monoisotopic (exact) mass is 294 g/mol. The lowest BCUT2D eigenvalue weighted by Crippen LogP contribution is -2.05. The lowest BCUT2D eigenvalue weighted by Gasteiger charge is -2.07. The van der Waals surface area contributed by atoms with Crippen LogP contribution in [0.3, 0.4) is 0 Å². The van der Waals surface area contributed by atoms with E-state index >= 15 is 0 Å². The van der Waals surface area contributed by atoms with Crippen molar-refractivity contribution in [2.75, 3.05) is 18.2 Å². The average molecular weight is 294 g/mol. The van der Waals surface area contributed by atoms with Crippen molar-refractivity contribution in [1.29, 1.82) is 0 Å². The highest BCUT2D eigenvalue weighted by Crippen LogP contribution is 2.29. The molecule has 2 rings (SSSR count). The van der Waals surface area contributed by atoms with Gasteiger partial charge in [-0.25, -0.2) is 9.78 Å². The molecule has 1 N–H and O–H groups in total. The topological polar surface area (TPSA) is 51.2 Å². The van der Waals surface area contributed by atoms with Crippen LogP contribution in [0.25, 0.3) is 0 Å². The lowest BCUT2D eigenvalue weighted by atomic mass is 10.3. The van der Waals surface area contributed by atoms with Crippen LogP contribution >= 0.6 is 23.1 Å². The fraction of sp³-hybridized carbons (Fsp3) is 0.231. The van der Waals surface area contributed by atoms with E-state index in [9.17, 15) is 4.79 Å². The number of rotatable bonds is 5. The largest absolute Gasteiger partial charge is 0.461 e. The highest BCUT2D eigenvalue weighted by molar-refractivity contribution is 7.98. The molecule has 0 amide bonds. The number of hydrogen-bond acceptors (Lipinski definition) is 6. The summed E-state index contributed by atoms with van der Waals surface area (Å²) in [4.78, 5) is 16.9. The number of para-hydroxylation sites is 1. The fourth-order valence-electron chi connectivity index (χ4n) is 1.49. The van der Waals surface area contributed by atoms with Crippen LogP contribution in [0.4, 0.5) is 10.8 Å². The number of thiazole rings is 1. The molecule has 0 aliphatic heterocycles. The molecule has 0 aliphatic rings. The van der Waals surface area contributed by atoms with Crippen molar-refractivity contribution in [3.05, 3.63) is 35.3 Å². The summed E-state index contributed by atoms with van der Waals surface area (Å²) >= 11 is 3.04. The Hall–Kier alpha value is -1.53. The fourth-order valence-corrected chi connectivity index (χ4v) is 2.74. The maximum absolute atomic E-state index is 11.5. The summed E-state index contributed by atoms with van der Waals surface area (Å²) in [5.41, 5.74) is 1.33. The van der Waals surface area contributed by atoms with E-state index in [1.807, 2.05) is 30.5 Å². The first kappa shape index (κ1) is 13.9. The molecule has 0 fully saturated rings. The molecule has 0 spiro atoms. The molecule has 0 atom stereocenters. The van der Waals surface area contributed by atoms with Crippen LogP contribution in [0.5, 0.6) is 0 Å². The normalized spacial score (nSPS) is 10.2. The number of carbonyl (C=O) groups excluding carboxylic acids is 1. The molecule has 4 nitrogen and oxygen atoms in total.